The maximum Gasteiger partial charge on any atom is 0.243 e. The summed E-state index contributed by atoms with van der Waals surface area (Å²) < 4.78 is 0. The Kier molecular flexibility index (Phi) is 43.7. The molecule has 2 aliphatic heterocycles. The van der Waals surface area contributed by atoms with Gasteiger partial charge in [0.05, 0.1) is 0 Å². The highest BCUT2D eigenvalue weighted by Gasteiger charge is 2.35. The topological polar surface area (TPSA) is 105 Å². The second kappa shape index (κ2) is 47.4. The van der Waals surface area contributed by atoms with Gasteiger partial charge in [0.1, 0.15) is 12.1 Å². The number of unbranched alkanes of at least 4 members (excludes halogenated alkanes) is 32. The summed E-state index contributed by atoms with van der Waals surface area (Å²) in [5, 5.41) is 6.50. The first-order chi connectivity index (χ1) is 37.4. The number of carbonyl (C=O) groups excluding carboxylic acids is 4. The van der Waals surface area contributed by atoms with E-state index in [1.807, 2.05) is 9.80 Å². The van der Waals surface area contributed by atoms with Crippen molar-refractivity contribution in [3.8, 4) is 0 Å². The number of carbonyl (C=O) groups is 4. The van der Waals surface area contributed by atoms with Crippen molar-refractivity contribution >= 4 is 23.6 Å². The van der Waals surface area contributed by atoms with Gasteiger partial charge in [0, 0.05) is 51.1 Å². The van der Waals surface area contributed by atoms with Crippen molar-refractivity contribution in [2.75, 3.05) is 53.4 Å². The highest BCUT2D eigenvalue weighted by molar-refractivity contribution is 5.88. The van der Waals surface area contributed by atoms with Gasteiger partial charge in [0.15, 0.2) is 0 Å². The zero-order valence-corrected chi connectivity index (χ0v) is 52.5. The standard InChI is InChI=1S/C67H130N6O4/c1-9-11-13-15-17-19-21-23-25-27-29-31-33-36-40-48-62(74)72(56-50-60-46-44-54-70(60)7)64(58(3)4)66(76)68-52-42-38-35-39-43-53-69-67(77)65(59(5)6)73(57-51-61-47-45-55-71(61)8)63(75)49-41-37-34-32-30-28-26-24-22-20-18-16-14-12-10-2/h58-61,64-65H,9-57H2,1-8H3,(H,68,76)(H,69,77). The van der Waals surface area contributed by atoms with Crippen molar-refractivity contribution < 1.29 is 19.2 Å². The van der Waals surface area contributed by atoms with Crippen LogP contribution in [0.4, 0.5) is 0 Å². The van der Waals surface area contributed by atoms with Crippen molar-refractivity contribution in [1.82, 2.24) is 30.2 Å². The molecule has 0 radical (unpaired) electrons. The van der Waals surface area contributed by atoms with E-state index in [2.05, 4.69) is 76.1 Å². The predicted octanol–water partition coefficient (Wildman–Crippen LogP) is 16.4. The second-order valence-corrected chi connectivity index (χ2v) is 25.4. The van der Waals surface area contributed by atoms with Crippen LogP contribution in [-0.2, 0) is 19.2 Å². The number of amides is 4. The Morgan fingerprint density at radius 2 is 0.662 bits per heavy atom. The van der Waals surface area contributed by atoms with Crippen molar-refractivity contribution in [1.29, 1.82) is 0 Å². The Hall–Kier alpha value is -2.20. The molecule has 77 heavy (non-hydrogen) atoms. The molecule has 0 aromatic heterocycles. The van der Waals surface area contributed by atoms with Crippen LogP contribution in [0.2, 0.25) is 0 Å². The average Bonchev–Trinajstić information content (AvgIpc) is 4.03. The molecular weight excluding hydrogens is 953 g/mol. The largest absolute Gasteiger partial charge is 0.354 e. The molecule has 0 bridgehead atoms. The van der Waals surface area contributed by atoms with Gasteiger partial charge in [-0.25, -0.2) is 0 Å². The smallest absolute Gasteiger partial charge is 0.243 e. The number of likely N-dealkylation sites (tertiary alicyclic amines) is 2. The summed E-state index contributed by atoms with van der Waals surface area (Å²) in [5.41, 5.74) is 0. The number of hydrogen-bond donors (Lipinski definition) is 2. The van der Waals surface area contributed by atoms with Crippen LogP contribution in [0.25, 0.3) is 0 Å². The van der Waals surface area contributed by atoms with Gasteiger partial charge in [-0.15, -0.1) is 0 Å². The van der Waals surface area contributed by atoms with E-state index in [0.717, 1.165) is 83.7 Å². The number of nitrogens with zero attached hydrogens (tertiary/aromatic N) is 4. The molecule has 0 saturated carbocycles. The molecule has 4 atom stereocenters. The number of rotatable bonds is 52. The molecule has 2 saturated heterocycles. The van der Waals surface area contributed by atoms with Gasteiger partial charge in [0.2, 0.25) is 23.6 Å². The predicted molar refractivity (Wildman–Crippen MR) is 329 cm³/mol. The van der Waals surface area contributed by atoms with Crippen molar-refractivity contribution in [2.24, 2.45) is 11.8 Å². The third kappa shape index (κ3) is 34.0. The van der Waals surface area contributed by atoms with Crippen LogP contribution < -0.4 is 10.6 Å². The molecule has 0 spiro atoms. The van der Waals surface area contributed by atoms with Crippen molar-refractivity contribution in [2.45, 2.75) is 342 Å². The summed E-state index contributed by atoms with van der Waals surface area (Å²) in [4.78, 5) is 64.6. The summed E-state index contributed by atoms with van der Waals surface area (Å²) in [6, 6.07) is 0.0482. The first-order valence-electron chi connectivity index (χ1n) is 34.0. The number of nitrogens with one attached hydrogen (secondary N) is 2. The van der Waals surface area contributed by atoms with Gasteiger partial charge in [-0.2, -0.15) is 0 Å². The minimum atomic E-state index is -0.451. The summed E-state index contributed by atoms with van der Waals surface area (Å²) in [6.45, 7) is 17.7. The summed E-state index contributed by atoms with van der Waals surface area (Å²) in [5.74, 6) is 0.337. The Bertz CT molecular complexity index is 1340. The Morgan fingerprint density at radius 1 is 0.403 bits per heavy atom. The molecule has 0 aromatic rings. The third-order valence-electron chi connectivity index (χ3n) is 17.8. The maximum absolute atomic E-state index is 14.0. The minimum absolute atomic E-state index is 0.00959. The molecule has 452 valence electrons. The van der Waals surface area contributed by atoms with Gasteiger partial charge in [-0.3, -0.25) is 19.2 Å². The van der Waals surface area contributed by atoms with Crippen LogP contribution in [0.5, 0.6) is 0 Å². The van der Waals surface area contributed by atoms with E-state index in [4.69, 9.17) is 0 Å². The summed E-state index contributed by atoms with van der Waals surface area (Å²) in [7, 11) is 4.39. The zero-order chi connectivity index (χ0) is 56.1. The second-order valence-electron chi connectivity index (χ2n) is 25.4. The Labute approximate surface area is 478 Å². The first kappa shape index (κ1) is 70.9. The van der Waals surface area contributed by atoms with E-state index in [0.29, 0.717) is 51.1 Å². The fourth-order valence-corrected chi connectivity index (χ4v) is 12.7. The minimum Gasteiger partial charge on any atom is -0.354 e. The van der Waals surface area contributed by atoms with Crippen LogP contribution >= 0.6 is 0 Å². The molecule has 0 aromatic carbocycles. The van der Waals surface area contributed by atoms with Crippen molar-refractivity contribution in [3.63, 3.8) is 0 Å². The highest BCUT2D eigenvalue weighted by Crippen LogP contribution is 2.25. The number of hydrogen-bond acceptors (Lipinski definition) is 6. The molecule has 2 fully saturated rings. The van der Waals surface area contributed by atoms with Crippen LogP contribution in [-0.4, -0.2) is 121 Å². The molecule has 4 unspecified atom stereocenters. The lowest BCUT2D eigenvalue weighted by molar-refractivity contribution is -0.142. The lowest BCUT2D eigenvalue weighted by Gasteiger charge is -2.35. The summed E-state index contributed by atoms with van der Waals surface area (Å²) in [6.07, 6.45) is 51.6. The normalized spacial score (nSPS) is 16.9. The quantitative estimate of drug-likeness (QED) is 0.0588. The summed E-state index contributed by atoms with van der Waals surface area (Å²) >= 11 is 0. The highest BCUT2D eigenvalue weighted by atomic mass is 16.2. The van der Waals surface area contributed by atoms with Crippen LogP contribution in [0.3, 0.4) is 0 Å². The first-order valence-corrected chi connectivity index (χ1v) is 34.0. The molecular formula is C67H130N6O4. The Balaban J connectivity index is 1.75. The fraction of sp³-hybridized carbons (Fsp3) is 0.940. The zero-order valence-electron chi connectivity index (χ0n) is 52.5. The molecule has 4 amide bonds. The van der Waals surface area contributed by atoms with E-state index >= 15 is 0 Å². The molecule has 0 aliphatic carbocycles. The van der Waals surface area contributed by atoms with Gasteiger partial charge >= 0.3 is 0 Å². The van der Waals surface area contributed by atoms with Crippen LogP contribution in [0, 0.1) is 11.8 Å². The van der Waals surface area contributed by atoms with E-state index in [1.165, 1.54) is 193 Å². The molecule has 2 rings (SSSR count). The maximum atomic E-state index is 14.0. The van der Waals surface area contributed by atoms with E-state index in [9.17, 15) is 19.2 Å². The van der Waals surface area contributed by atoms with E-state index in [1.54, 1.807) is 0 Å². The average molecular weight is 1080 g/mol. The fourth-order valence-electron chi connectivity index (χ4n) is 12.7. The molecule has 2 aliphatic rings. The van der Waals surface area contributed by atoms with Gasteiger partial charge < -0.3 is 30.2 Å². The Morgan fingerprint density at radius 3 is 0.909 bits per heavy atom. The lowest BCUT2D eigenvalue weighted by Crippen LogP contribution is -2.53. The monoisotopic (exact) mass is 1080 g/mol. The van der Waals surface area contributed by atoms with E-state index < -0.39 is 12.1 Å². The van der Waals surface area contributed by atoms with E-state index in [-0.39, 0.29) is 35.5 Å². The molecule has 2 heterocycles. The van der Waals surface area contributed by atoms with Crippen LogP contribution in [0.15, 0.2) is 0 Å². The third-order valence-corrected chi connectivity index (χ3v) is 17.8. The molecule has 10 nitrogen and oxygen atoms in total. The SMILES string of the molecule is CCCCCCCCCCCCCCCCCC(=O)N(CCC1CCCN1C)C(C(=O)NCCCCCCCNC(=O)C(C(C)C)N(CCC1CCCN1C)C(=O)CCCCCCCCCCCCCCCCC)C(C)C. The van der Waals surface area contributed by atoms with Crippen LogP contribution in [0.1, 0.15) is 318 Å². The van der Waals surface area contributed by atoms with Crippen molar-refractivity contribution in [3.05, 3.63) is 0 Å². The molecule has 2 N–H and O–H groups in total. The lowest BCUT2D eigenvalue weighted by atomic mass is 9.99. The van der Waals surface area contributed by atoms with Gasteiger partial charge in [-0.1, -0.05) is 241 Å². The molecule has 10 heteroatoms. The van der Waals surface area contributed by atoms with Gasteiger partial charge in [-0.05, 0) is 103 Å². The van der Waals surface area contributed by atoms with Gasteiger partial charge in [0.25, 0.3) is 0 Å².